The SMILES string of the molecule is O=Cc1nn(Cc2ccccc2)c2c1CSCC2. The van der Waals surface area contributed by atoms with Gasteiger partial charge in [-0.25, -0.2) is 0 Å². The van der Waals surface area contributed by atoms with Crippen LogP contribution >= 0.6 is 11.8 Å². The summed E-state index contributed by atoms with van der Waals surface area (Å²) >= 11 is 1.87. The summed E-state index contributed by atoms with van der Waals surface area (Å²) in [6, 6.07) is 10.2. The number of thioether (sulfide) groups is 1. The van der Waals surface area contributed by atoms with E-state index < -0.39 is 0 Å². The number of hydrogen-bond acceptors (Lipinski definition) is 3. The van der Waals surface area contributed by atoms with Crippen molar-refractivity contribution in [2.45, 2.75) is 18.7 Å². The Kier molecular flexibility index (Phi) is 3.19. The first kappa shape index (κ1) is 11.5. The molecule has 0 fully saturated rings. The van der Waals surface area contributed by atoms with Crippen molar-refractivity contribution in [1.82, 2.24) is 9.78 Å². The molecule has 0 spiro atoms. The van der Waals surface area contributed by atoms with Crippen LogP contribution in [0.4, 0.5) is 0 Å². The molecule has 0 saturated carbocycles. The minimum atomic E-state index is 0.619. The Hall–Kier alpha value is -1.55. The first-order valence-corrected chi connectivity index (χ1v) is 7.19. The predicted molar refractivity (Wildman–Crippen MR) is 73.0 cm³/mol. The van der Waals surface area contributed by atoms with Gasteiger partial charge in [0.1, 0.15) is 5.69 Å². The van der Waals surface area contributed by atoms with Crippen molar-refractivity contribution in [1.29, 1.82) is 0 Å². The van der Waals surface area contributed by atoms with Crippen LogP contribution in [-0.2, 0) is 18.7 Å². The number of aldehydes is 1. The first-order valence-electron chi connectivity index (χ1n) is 6.04. The highest BCUT2D eigenvalue weighted by Gasteiger charge is 2.20. The van der Waals surface area contributed by atoms with Crippen molar-refractivity contribution < 1.29 is 4.79 Å². The normalized spacial score (nSPS) is 14.2. The monoisotopic (exact) mass is 258 g/mol. The molecule has 1 aliphatic rings. The van der Waals surface area contributed by atoms with Crippen molar-refractivity contribution in [3.63, 3.8) is 0 Å². The summed E-state index contributed by atoms with van der Waals surface area (Å²) < 4.78 is 1.99. The second kappa shape index (κ2) is 4.98. The maximum Gasteiger partial charge on any atom is 0.170 e. The van der Waals surface area contributed by atoms with Crippen LogP contribution in [0.2, 0.25) is 0 Å². The minimum Gasteiger partial charge on any atom is -0.296 e. The van der Waals surface area contributed by atoms with E-state index in [4.69, 9.17) is 0 Å². The van der Waals surface area contributed by atoms with Gasteiger partial charge in [-0.15, -0.1) is 0 Å². The molecule has 0 N–H and O–H groups in total. The van der Waals surface area contributed by atoms with Gasteiger partial charge in [0.25, 0.3) is 0 Å². The van der Waals surface area contributed by atoms with Crippen LogP contribution in [0.25, 0.3) is 0 Å². The highest BCUT2D eigenvalue weighted by atomic mass is 32.2. The Balaban J connectivity index is 1.97. The smallest absolute Gasteiger partial charge is 0.170 e. The molecule has 0 unspecified atom stereocenters. The fraction of sp³-hybridized carbons (Fsp3) is 0.286. The van der Waals surface area contributed by atoms with Crippen LogP contribution in [0.15, 0.2) is 30.3 Å². The van der Waals surface area contributed by atoms with E-state index in [1.54, 1.807) is 0 Å². The first-order chi connectivity index (χ1) is 8.88. The van der Waals surface area contributed by atoms with Gasteiger partial charge in [0.15, 0.2) is 6.29 Å². The van der Waals surface area contributed by atoms with E-state index >= 15 is 0 Å². The average molecular weight is 258 g/mol. The summed E-state index contributed by atoms with van der Waals surface area (Å²) in [5.74, 6) is 2.03. The molecule has 92 valence electrons. The van der Waals surface area contributed by atoms with E-state index in [2.05, 4.69) is 17.2 Å². The maximum absolute atomic E-state index is 11.1. The third kappa shape index (κ3) is 2.08. The summed E-state index contributed by atoms with van der Waals surface area (Å²) in [6.45, 7) is 0.752. The van der Waals surface area contributed by atoms with Crippen molar-refractivity contribution in [3.05, 3.63) is 52.8 Å². The van der Waals surface area contributed by atoms with Gasteiger partial charge in [-0.2, -0.15) is 16.9 Å². The molecule has 1 aromatic carbocycles. The average Bonchev–Trinajstić information content (AvgIpc) is 2.78. The van der Waals surface area contributed by atoms with Crippen LogP contribution in [-0.4, -0.2) is 21.8 Å². The molecule has 18 heavy (non-hydrogen) atoms. The van der Waals surface area contributed by atoms with Crippen LogP contribution in [0.3, 0.4) is 0 Å². The number of nitrogens with zero attached hydrogens (tertiary/aromatic N) is 2. The summed E-state index contributed by atoms with van der Waals surface area (Å²) in [4.78, 5) is 11.1. The van der Waals surface area contributed by atoms with Crippen LogP contribution in [0.5, 0.6) is 0 Å². The van der Waals surface area contributed by atoms with Gasteiger partial charge in [-0.1, -0.05) is 30.3 Å². The highest BCUT2D eigenvalue weighted by Crippen LogP contribution is 2.27. The van der Waals surface area contributed by atoms with Crippen LogP contribution < -0.4 is 0 Å². The summed E-state index contributed by atoms with van der Waals surface area (Å²) in [7, 11) is 0. The van der Waals surface area contributed by atoms with E-state index in [1.807, 2.05) is 34.6 Å². The Morgan fingerprint density at radius 3 is 2.94 bits per heavy atom. The number of hydrogen-bond donors (Lipinski definition) is 0. The number of fused-ring (bicyclic) bond motifs is 1. The maximum atomic E-state index is 11.1. The predicted octanol–water partition coefficient (Wildman–Crippen LogP) is 2.53. The van der Waals surface area contributed by atoms with Crippen molar-refractivity contribution >= 4 is 18.0 Å². The topological polar surface area (TPSA) is 34.9 Å². The molecule has 1 aromatic heterocycles. The Morgan fingerprint density at radius 2 is 2.17 bits per heavy atom. The van der Waals surface area contributed by atoms with Gasteiger partial charge >= 0.3 is 0 Å². The van der Waals surface area contributed by atoms with Gasteiger partial charge in [-0.3, -0.25) is 9.48 Å². The molecule has 0 amide bonds. The zero-order valence-electron chi connectivity index (χ0n) is 10.0. The molecule has 4 heteroatoms. The zero-order valence-corrected chi connectivity index (χ0v) is 10.8. The van der Waals surface area contributed by atoms with E-state index in [0.29, 0.717) is 5.69 Å². The number of carbonyl (C=O) groups excluding carboxylic acids is 1. The van der Waals surface area contributed by atoms with Gasteiger partial charge in [0.2, 0.25) is 0 Å². The lowest BCUT2D eigenvalue weighted by Crippen LogP contribution is -2.10. The molecular formula is C14H14N2OS. The van der Waals surface area contributed by atoms with Gasteiger partial charge in [0.05, 0.1) is 6.54 Å². The number of carbonyl (C=O) groups is 1. The lowest BCUT2D eigenvalue weighted by molar-refractivity contribution is 0.111. The fourth-order valence-corrected chi connectivity index (χ4v) is 3.32. The molecule has 2 aromatic rings. The summed E-state index contributed by atoms with van der Waals surface area (Å²) in [6.07, 6.45) is 1.89. The fourth-order valence-electron chi connectivity index (χ4n) is 2.32. The molecule has 3 rings (SSSR count). The van der Waals surface area contributed by atoms with E-state index in [1.165, 1.54) is 11.3 Å². The molecule has 1 aliphatic heterocycles. The highest BCUT2D eigenvalue weighted by molar-refractivity contribution is 7.98. The Labute approximate surface area is 110 Å². The number of aromatic nitrogens is 2. The lowest BCUT2D eigenvalue weighted by atomic mass is 10.1. The molecular weight excluding hydrogens is 244 g/mol. The Morgan fingerprint density at radius 1 is 1.33 bits per heavy atom. The molecule has 0 aliphatic carbocycles. The lowest BCUT2D eigenvalue weighted by Gasteiger charge is -2.13. The minimum absolute atomic E-state index is 0.619. The third-order valence-electron chi connectivity index (χ3n) is 3.21. The molecule has 2 heterocycles. The number of rotatable bonds is 3. The second-order valence-electron chi connectivity index (χ2n) is 4.37. The summed E-state index contributed by atoms with van der Waals surface area (Å²) in [5, 5.41) is 4.44. The van der Waals surface area contributed by atoms with Crippen molar-refractivity contribution in [2.75, 3.05) is 5.75 Å². The Bertz CT molecular complexity index is 563. The van der Waals surface area contributed by atoms with Crippen molar-refractivity contribution in [2.24, 2.45) is 0 Å². The van der Waals surface area contributed by atoms with Crippen LogP contribution in [0, 0.1) is 0 Å². The third-order valence-corrected chi connectivity index (χ3v) is 4.20. The quantitative estimate of drug-likeness (QED) is 0.794. The van der Waals surface area contributed by atoms with E-state index in [0.717, 1.165) is 36.3 Å². The molecule has 0 radical (unpaired) electrons. The van der Waals surface area contributed by atoms with Crippen LogP contribution in [0.1, 0.15) is 27.3 Å². The van der Waals surface area contributed by atoms with E-state index in [9.17, 15) is 4.79 Å². The van der Waals surface area contributed by atoms with Gasteiger partial charge in [-0.05, 0) is 17.7 Å². The second-order valence-corrected chi connectivity index (χ2v) is 5.48. The molecule has 0 saturated heterocycles. The van der Waals surface area contributed by atoms with Gasteiger partial charge in [0, 0.05) is 17.0 Å². The molecule has 0 bridgehead atoms. The van der Waals surface area contributed by atoms with Crippen molar-refractivity contribution in [3.8, 4) is 0 Å². The largest absolute Gasteiger partial charge is 0.296 e. The summed E-state index contributed by atoms with van der Waals surface area (Å²) in [5.41, 5.74) is 4.21. The standard InChI is InChI=1S/C14H14N2OS/c17-9-13-12-10-18-7-6-14(12)16(15-13)8-11-4-2-1-3-5-11/h1-5,9H,6-8,10H2. The van der Waals surface area contributed by atoms with E-state index in [-0.39, 0.29) is 0 Å². The molecule has 0 atom stereocenters. The molecule has 3 nitrogen and oxygen atoms in total. The van der Waals surface area contributed by atoms with Gasteiger partial charge < -0.3 is 0 Å². The number of benzene rings is 1. The zero-order chi connectivity index (χ0) is 12.4.